The Hall–Kier alpha value is -2.42. The summed E-state index contributed by atoms with van der Waals surface area (Å²) in [5.74, 6) is 0.392. The van der Waals surface area contributed by atoms with Crippen molar-refractivity contribution in [3.05, 3.63) is 29.8 Å². The van der Waals surface area contributed by atoms with Crippen LogP contribution in [0, 0.1) is 0 Å². The van der Waals surface area contributed by atoms with Crippen LogP contribution in [-0.4, -0.2) is 67.1 Å². The van der Waals surface area contributed by atoms with E-state index in [1.54, 1.807) is 7.11 Å². The Labute approximate surface area is 183 Å². The number of hydrogen-bond acceptors (Lipinski definition) is 6. The van der Waals surface area contributed by atoms with Gasteiger partial charge in [0, 0.05) is 19.4 Å². The molecular weight excluding hydrogens is 418 g/mol. The second kappa shape index (κ2) is 8.98. The van der Waals surface area contributed by atoms with Gasteiger partial charge in [0.2, 0.25) is 5.91 Å². The number of ether oxygens (including phenoxy) is 1. The van der Waals surface area contributed by atoms with E-state index in [0.29, 0.717) is 25.1 Å². The molecule has 8 nitrogen and oxygen atoms in total. The zero-order chi connectivity index (χ0) is 22.0. The first-order valence-corrected chi connectivity index (χ1v) is 12.7. The maximum absolute atomic E-state index is 13.5. The number of hydrazone groups is 1. The molecule has 0 unspecified atom stereocenters. The fraction of sp³-hybridized carbons (Fsp3) is 0.591. The first kappa shape index (κ1) is 21.8. The van der Waals surface area contributed by atoms with Crippen molar-refractivity contribution >= 4 is 27.4 Å². The van der Waals surface area contributed by atoms with Gasteiger partial charge in [0.15, 0.2) is 9.84 Å². The summed E-state index contributed by atoms with van der Waals surface area (Å²) in [5, 5.41) is 5.66. The summed E-state index contributed by atoms with van der Waals surface area (Å²) < 4.78 is 29.0. The van der Waals surface area contributed by atoms with Gasteiger partial charge in [-0.1, -0.05) is 25.0 Å². The maximum Gasteiger partial charge on any atom is 0.270 e. The third-order valence-electron chi connectivity index (χ3n) is 6.38. The zero-order valence-electron chi connectivity index (χ0n) is 17.8. The SMILES string of the molecule is COc1ccc([C@H]2CCCCCN2C(=O)C2=NN([C@H]3CCS(=O)(=O)C3)C(=O)CC2)cc1. The van der Waals surface area contributed by atoms with Gasteiger partial charge in [-0.25, -0.2) is 13.4 Å². The number of sulfone groups is 1. The van der Waals surface area contributed by atoms with Crippen molar-refractivity contribution in [2.45, 2.75) is 57.0 Å². The summed E-state index contributed by atoms with van der Waals surface area (Å²) in [4.78, 5) is 27.8. The monoisotopic (exact) mass is 447 g/mol. The van der Waals surface area contributed by atoms with Gasteiger partial charge >= 0.3 is 0 Å². The zero-order valence-corrected chi connectivity index (χ0v) is 18.6. The number of hydrogen-bond donors (Lipinski definition) is 0. The average molecular weight is 448 g/mol. The first-order chi connectivity index (χ1) is 14.9. The lowest BCUT2D eigenvalue weighted by Crippen LogP contribution is -2.46. The van der Waals surface area contributed by atoms with Gasteiger partial charge in [-0.3, -0.25) is 9.59 Å². The molecule has 2 saturated heterocycles. The van der Waals surface area contributed by atoms with Gasteiger partial charge < -0.3 is 9.64 Å². The van der Waals surface area contributed by atoms with Crippen LogP contribution < -0.4 is 4.74 Å². The van der Waals surface area contributed by atoms with E-state index in [0.717, 1.165) is 37.0 Å². The Bertz CT molecular complexity index is 973. The normalized spacial score (nSPS) is 26.4. The quantitative estimate of drug-likeness (QED) is 0.706. The molecule has 2 fully saturated rings. The van der Waals surface area contributed by atoms with Gasteiger partial charge in [-0.05, 0) is 37.0 Å². The summed E-state index contributed by atoms with van der Waals surface area (Å²) in [7, 11) is -1.53. The van der Waals surface area contributed by atoms with E-state index in [1.807, 2.05) is 29.2 Å². The lowest BCUT2D eigenvalue weighted by atomic mass is 9.99. The number of nitrogens with zero attached hydrogens (tertiary/aromatic N) is 3. The molecule has 0 radical (unpaired) electrons. The molecule has 9 heteroatoms. The van der Waals surface area contributed by atoms with Crippen LogP contribution in [0.2, 0.25) is 0 Å². The summed E-state index contributed by atoms with van der Waals surface area (Å²) in [6.07, 6.45) is 4.74. The van der Waals surface area contributed by atoms with Gasteiger partial charge in [0.05, 0.1) is 30.7 Å². The third-order valence-corrected chi connectivity index (χ3v) is 8.13. The van der Waals surface area contributed by atoms with E-state index in [-0.39, 0.29) is 35.8 Å². The van der Waals surface area contributed by atoms with Crippen molar-refractivity contribution in [3.8, 4) is 5.75 Å². The predicted molar refractivity (Wildman–Crippen MR) is 116 cm³/mol. The number of carbonyl (C=O) groups is 2. The smallest absolute Gasteiger partial charge is 0.270 e. The number of likely N-dealkylation sites (tertiary alicyclic amines) is 1. The van der Waals surface area contributed by atoms with Crippen molar-refractivity contribution in [2.24, 2.45) is 5.10 Å². The molecule has 31 heavy (non-hydrogen) atoms. The van der Waals surface area contributed by atoms with Gasteiger partial charge in [-0.15, -0.1) is 0 Å². The number of carbonyl (C=O) groups excluding carboxylic acids is 2. The van der Waals surface area contributed by atoms with Crippen LogP contribution in [0.1, 0.15) is 56.6 Å². The fourth-order valence-corrected chi connectivity index (χ4v) is 6.36. The number of rotatable bonds is 4. The lowest BCUT2D eigenvalue weighted by molar-refractivity contribution is -0.134. The molecule has 1 aromatic carbocycles. The summed E-state index contributed by atoms with van der Waals surface area (Å²) >= 11 is 0. The van der Waals surface area contributed by atoms with Crippen molar-refractivity contribution < 1.29 is 22.7 Å². The molecular formula is C22H29N3O5S. The Morgan fingerprint density at radius 3 is 2.55 bits per heavy atom. The maximum atomic E-state index is 13.5. The molecule has 0 bridgehead atoms. The molecule has 3 heterocycles. The molecule has 0 aliphatic carbocycles. The van der Waals surface area contributed by atoms with E-state index < -0.39 is 15.9 Å². The van der Waals surface area contributed by atoms with Gasteiger partial charge in [-0.2, -0.15) is 5.10 Å². The van der Waals surface area contributed by atoms with Crippen LogP contribution in [-0.2, 0) is 19.4 Å². The summed E-state index contributed by atoms with van der Waals surface area (Å²) in [6.45, 7) is 0.639. The minimum absolute atomic E-state index is 0.0541. The van der Waals surface area contributed by atoms with Crippen LogP contribution in [0.3, 0.4) is 0 Å². The third kappa shape index (κ3) is 4.76. The molecule has 3 aliphatic rings. The second-order valence-corrected chi connectivity index (χ2v) is 10.7. The predicted octanol–water partition coefficient (Wildman–Crippen LogP) is 2.30. The minimum atomic E-state index is -3.15. The fourth-order valence-electron chi connectivity index (χ4n) is 4.67. The molecule has 0 spiro atoms. The lowest BCUT2D eigenvalue weighted by Gasteiger charge is -2.33. The van der Waals surface area contributed by atoms with Crippen LogP contribution in [0.5, 0.6) is 5.75 Å². The highest BCUT2D eigenvalue weighted by Crippen LogP contribution is 2.32. The summed E-state index contributed by atoms with van der Waals surface area (Å²) in [5.41, 5.74) is 1.41. The van der Waals surface area contributed by atoms with Gasteiger partial charge in [0.25, 0.3) is 5.91 Å². The molecule has 168 valence electrons. The van der Waals surface area contributed by atoms with Crippen LogP contribution in [0.25, 0.3) is 0 Å². The largest absolute Gasteiger partial charge is 0.497 e. The van der Waals surface area contributed by atoms with Crippen LogP contribution in [0.4, 0.5) is 0 Å². The summed E-state index contributed by atoms with van der Waals surface area (Å²) in [6, 6.07) is 7.28. The van der Waals surface area contributed by atoms with E-state index in [2.05, 4.69) is 5.10 Å². The second-order valence-electron chi connectivity index (χ2n) is 8.48. The van der Waals surface area contributed by atoms with Crippen molar-refractivity contribution in [1.82, 2.24) is 9.91 Å². The Kier molecular flexibility index (Phi) is 6.31. The van der Waals surface area contributed by atoms with Gasteiger partial charge in [0.1, 0.15) is 11.5 Å². The molecule has 1 aromatic rings. The Balaban J connectivity index is 1.58. The highest BCUT2D eigenvalue weighted by molar-refractivity contribution is 7.91. The topological polar surface area (TPSA) is 96.3 Å². The Morgan fingerprint density at radius 2 is 1.87 bits per heavy atom. The molecule has 4 rings (SSSR count). The molecule has 3 aliphatic heterocycles. The molecule has 2 atom stereocenters. The van der Waals surface area contributed by atoms with Crippen LogP contribution in [0.15, 0.2) is 29.4 Å². The molecule has 0 N–H and O–H groups in total. The highest BCUT2D eigenvalue weighted by Gasteiger charge is 2.38. The van der Waals surface area contributed by atoms with E-state index in [4.69, 9.17) is 4.74 Å². The van der Waals surface area contributed by atoms with E-state index in [9.17, 15) is 18.0 Å². The molecule has 0 aromatic heterocycles. The number of methoxy groups -OCH3 is 1. The minimum Gasteiger partial charge on any atom is -0.497 e. The van der Waals surface area contributed by atoms with Crippen molar-refractivity contribution in [2.75, 3.05) is 25.2 Å². The van der Waals surface area contributed by atoms with Crippen LogP contribution >= 0.6 is 0 Å². The standard InChI is InChI=1S/C22H29N3O5S/c1-30-18-8-6-16(7-9-18)20-5-3-2-4-13-24(20)22(27)19-10-11-21(26)25(23-19)17-12-14-31(28,29)15-17/h6-9,17,20H,2-5,10-15H2,1H3/t17-,20+/m0/s1. The molecule has 0 saturated carbocycles. The van der Waals surface area contributed by atoms with Crippen molar-refractivity contribution in [1.29, 1.82) is 0 Å². The number of benzene rings is 1. The van der Waals surface area contributed by atoms with Crippen molar-refractivity contribution in [3.63, 3.8) is 0 Å². The average Bonchev–Trinajstić information content (AvgIpc) is 2.98. The number of amides is 2. The van der Waals surface area contributed by atoms with E-state index in [1.165, 1.54) is 5.01 Å². The highest BCUT2D eigenvalue weighted by atomic mass is 32.2. The first-order valence-electron chi connectivity index (χ1n) is 10.9. The van der Waals surface area contributed by atoms with E-state index >= 15 is 0 Å². The molecule has 2 amide bonds. The Morgan fingerprint density at radius 1 is 1.10 bits per heavy atom.